The summed E-state index contributed by atoms with van der Waals surface area (Å²) in [6.07, 6.45) is 55.8. The first-order chi connectivity index (χ1) is 33.2. The van der Waals surface area contributed by atoms with Gasteiger partial charge >= 0.3 is 25.7 Å². The van der Waals surface area contributed by atoms with Crippen molar-refractivity contribution in [2.24, 2.45) is 0 Å². The summed E-state index contributed by atoms with van der Waals surface area (Å²) < 4.78 is 39.2. The number of phosphoric ester groups is 1. The second-order valence-corrected chi connectivity index (χ2v) is 18.8. The first-order valence-electron chi connectivity index (χ1n) is 26.5. The minimum Gasteiger partial charge on any atom is -0.462 e. The average Bonchev–Trinajstić information content (AvgIpc) is 3.32. The first kappa shape index (κ1) is 64.7. The number of carbonyl (C=O) groups excluding carboxylic acids is 3. The Morgan fingerprint density at radius 2 is 0.794 bits per heavy atom. The molecule has 0 aromatic rings. The van der Waals surface area contributed by atoms with Crippen molar-refractivity contribution in [3.05, 3.63) is 85.1 Å². The molecule has 0 saturated carbocycles. The molecule has 0 rings (SSSR count). The molecule has 0 amide bonds. The summed E-state index contributed by atoms with van der Waals surface area (Å²) in [6.45, 7) is 4.36. The van der Waals surface area contributed by atoms with Gasteiger partial charge < -0.3 is 24.2 Å². The zero-order valence-corrected chi connectivity index (χ0v) is 43.7. The first-order valence-corrected chi connectivity index (χ1v) is 28.0. The molecular weight excluding hydrogens is 880 g/mol. The van der Waals surface area contributed by atoms with E-state index in [0.29, 0.717) is 19.3 Å². The van der Waals surface area contributed by atoms with Crippen LogP contribution in [0.15, 0.2) is 85.1 Å². The van der Waals surface area contributed by atoms with Crippen molar-refractivity contribution >= 4 is 25.7 Å². The molecule has 0 radical (unpaired) electrons. The van der Waals surface area contributed by atoms with Crippen LogP contribution in [-0.2, 0) is 42.2 Å². The monoisotopic (exact) mass is 975 g/mol. The van der Waals surface area contributed by atoms with E-state index in [1.807, 2.05) is 12.2 Å². The lowest BCUT2D eigenvalue weighted by atomic mass is 10.1. The van der Waals surface area contributed by atoms with Gasteiger partial charge in [0.25, 0.3) is 0 Å². The molecule has 0 fully saturated rings. The molecule has 0 spiro atoms. The van der Waals surface area contributed by atoms with E-state index in [1.54, 1.807) is 0 Å². The zero-order chi connectivity index (χ0) is 49.9. The van der Waals surface area contributed by atoms with E-state index in [4.69, 9.17) is 23.3 Å². The van der Waals surface area contributed by atoms with Gasteiger partial charge in [-0.1, -0.05) is 196 Å². The summed E-state index contributed by atoms with van der Waals surface area (Å²) in [5, 5.41) is 9.75. The van der Waals surface area contributed by atoms with Gasteiger partial charge in [0.15, 0.2) is 6.10 Å². The standard InChI is InChI=1S/C56H95O11P/c1-4-7-10-13-16-19-21-23-24-25-26-27-28-30-32-35-38-41-44-47-56(60)67-53(49-63-54(58)45-42-39-36-34-31-29-22-20-17-14-11-8-5-2)51-65-68(61,62)64-50-52(48-57)66-55(59)46-43-40-37-33-18-15-12-9-6-3/h8,11,16-17,19-20,23-24,26-27,29,31,36,39,52-53,57H,4-7,9-10,12-15,18,21-22,25,28,30,32-35,37-38,40-51H2,1-3H3,(H,61,62)/b11-8-,19-16-,20-17-,24-23-,27-26-,31-29-,39-36-. The van der Waals surface area contributed by atoms with Crippen LogP contribution in [0.25, 0.3) is 0 Å². The molecule has 2 N–H and O–H groups in total. The van der Waals surface area contributed by atoms with Crippen molar-refractivity contribution in [1.82, 2.24) is 0 Å². The van der Waals surface area contributed by atoms with Crippen LogP contribution in [0, 0.1) is 0 Å². The number of hydrogen-bond donors (Lipinski definition) is 2. The lowest BCUT2D eigenvalue weighted by Gasteiger charge is -2.21. The molecule has 0 saturated heterocycles. The van der Waals surface area contributed by atoms with E-state index in [1.165, 1.54) is 57.8 Å². The lowest BCUT2D eigenvalue weighted by molar-refractivity contribution is -0.161. The van der Waals surface area contributed by atoms with Gasteiger partial charge in [-0.15, -0.1) is 0 Å². The normalized spacial score (nSPS) is 14.1. The van der Waals surface area contributed by atoms with E-state index in [0.717, 1.165) is 96.3 Å². The van der Waals surface area contributed by atoms with Gasteiger partial charge in [-0.2, -0.15) is 0 Å². The van der Waals surface area contributed by atoms with Crippen LogP contribution in [0.5, 0.6) is 0 Å². The maximum Gasteiger partial charge on any atom is 0.472 e. The van der Waals surface area contributed by atoms with E-state index in [9.17, 15) is 28.9 Å². The smallest absolute Gasteiger partial charge is 0.462 e. The minimum absolute atomic E-state index is 0.0999. The zero-order valence-electron chi connectivity index (χ0n) is 42.8. The molecule has 0 aliphatic heterocycles. The van der Waals surface area contributed by atoms with Gasteiger partial charge in [0.05, 0.1) is 19.8 Å². The Balaban J connectivity index is 4.83. The highest BCUT2D eigenvalue weighted by Crippen LogP contribution is 2.43. The Morgan fingerprint density at radius 1 is 0.426 bits per heavy atom. The second-order valence-electron chi connectivity index (χ2n) is 17.3. The van der Waals surface area contributed by atoms with Gasteiger partial charge in [-0.3, -0.25) is 23.4 Å². The highest BCUT2D eigenvalue weighted by atomic mass is 31.2. The van der Waals surface area contributed by atoms with Gasteiger partial charge in [0, 0.05) is 19.3 Å². The van der Waals surface area contributed by atoms with Crippen LogP contribution in [-0.4, -0.2) is 66.5 Å². The van der Waals surface area contributed by atoms with Crippen LogP contribution in [0.2, 0.25) is 0 Å². The van der Waals surface area contributed by atoms with Crippen molar-refractivity contribution in [2.45, 2.75) is 226 Å². The van der Waals surface area contributed by atoms with Gasteiger partial charge in [0.1, 0.15) is 12.7 Å². The number of esters is 3. The Hall–Kier alpha value is -3.34. The predicted octanol–water partition coefficient (Wildman–Crippen LogP) is 15.1. The van der Waals surface area contributed by atoms with E-state index >= 15 is 0 Å². The van der Waals surface area contributed by atoms with E-state index < -0.39 is 57.8 Å². The van der Waals surface area contributed by atoms with Gasteiger partial charge in [0.2, 0.25) is 0 Å². The van der Waals surface area contributed by atoms with Crippen LogP contribution in [0.4, 0.5) is 0 Å². The van der Waals surface area contributed by atoms with E-state index in [-0.39, 0.29) is 25.9 Å². The Bertz CT molecular complexity index is 1460. The molecule has 0 bridgehead atoms. The lowest BCUT2D eigenvalue weighted by Crippen LogP contribution is -2.30. The maximum absolute atomic E-state index is 12.9. The van der Waals surface area contributed by atoms with Gasteiger partial charge in [-0.25, -0.2) is 4.57 Å². The Kier molecular flexibility index (Phi) is 47.6. The van der Waals surface area contributed by atoms with Crippen molar-refractivity contribution in [3.63, 3.8) is 0 Å². The molecule has 68 heavy (non-hydrogen) atoms. The van der Waals surface area contributed by atoms with Crippen LogP contribution in [0.1, 0.15) is 213 Å². The highest BCUT2D eigenvalue weighted by Gasteiger charge is 2.28. The number of aliphatic hydroxyl groups excluding tert-OH is 1. The number of allylic oxidation sites excluding steroid dienone is 14. The summed E-state index contributed by atoms with van der Waals surface area (Å²) in [5.41, 5.74) is 0. The summed E-state index contributed by atoms with van der Waals surface area (Å²) in [4.78, 5) is 48.2. The number of rotatable bonds is 48. The third kappa shape index (κ3) is 47.7. The minimum atomic E-state index is -4.76. The van der Waals surface area contributed by atoms with Crippen LogP contribution < -0.4 is 0 Å². The number of unbranched alkanes of at least 4 members (excludes halogenated alkanes) is 17. The molecule has 3 atom stereocenters. The van der Waals surface area contributed by atoms with Gasteiger partial charge in [-0.05, 0) is 83.5 Å². The third-order valence-corrected chi connectivity index (χ3v) is 11.8. The van der Waals surface area contributed by atoms with Crippen LogP contribution >= 0.6 is 7.82 Å². The SMILES string of the molecule is CC/C=C\C/C=C\C/C=C\C/C=C\CCC(=O)OCC(COP(=O)(O)OCC(CO)OC(=O)CCCCCCCCCCC)OC(=O)CCCCCCCC/C=C\C/C=C\C/C=C\CCCCC. The summed E-state index contributed by atoms with van der Waals surface area (Å²) >= 11 is 0. The fraction of sp³-hybridized carbons (Fsp3) is 0.696. The predicted molar refractivity (Wildman–Crippen MR) is 279 cm³/mol. The number of hydrogen-bond acceptors (Lipinski definition) is 10. The molecule has 0 heterocycles. The number of aliphatic hydroxyl groups is 1. The molecule has 3 unspecified atom stereocenters. The highest BCUT2D eigenvalue weighted by molar-refractivity contribution is 7.47. The fourth-order valence-electron chi connectivity index (χ4n) is 6.79. The number of phosphoric acid groups is 1. The number of ether oxygens (including phenoxy) is 3. The number of carbonyl (C=O) groups is 3. The molecule has 390 valence electrons. The van der Waals surface area contributed by atoms with Crippen molar-refractivity contribution < 1.29 is 52.2 Å². The molecule has 0 aliphatic carbocycles. The largest absolute Gasteiger partial charge is 0.472 e. The molecule has 0 aromatic carbocycles. The topological polar surface area (TPSA) is 155 Å². The summed E-state index contributed by atoms with van der Waals surface area (Å²) in [6, 6.07) is 0. The quantitative estimate of drug-likeness (QED) is 0.0197. The third-order valence-electron chi connectivity index (χ3n) is 10.8. The second kappa shape index (κ2) is 50.1. The van der Waals surface area contributed by atoms with Crippen molar-refractivity contribution in [2.75, 3.05) is 26.4 Å². The Morgan fingerprint density at radius 3 is 1.26 bits per heavy atom. The Labute approximate surface area is 413 Å². The van der Waals surface area contributed by atoms with Crippen molar-refractivity contribution in [1.29, 1.82) is 0 Å². The average molecular weight is 975 g/mol. The molecular formula is C56H95O11P. The maximum atomic E-state index is 12.9. The summed E-state index contributed by atoms with van der Waals surface area (Å²) in [7, 11) is -4.76. The molecule has 0 aromatic heterocycles. The fourth-order valence-corrected chi connectivity index (χ4v) is 7.57. The van der Waals surface area contributed by atoms with Crippen LogP contribution in [0.3, 0.4) is 0 Å². The molecule has 12 heteroatoms. The van der Waals surface area contributed by atoms with Crippen molar-refractivity contribution in [3.8, 4) is 0 Å². The molecule has 11 nitrogen and oxygen atoms in total. The van der Waals surface area contributed by atoms with E-state index in [2.05, 4.69) is 93.7 Å². The summed E-state index contributed by atoms with van der Waals surface area (Å²) in [5.74, 6) is -1.58. The molecule has 0 aliphatic rings.